The number of rotatable bonds is 7. The second-order valence-corrected chi connectivity index (χ2v) is 8.64. The Labute approximate surface area is 186 Å². The number of imide groups is 1. The van der Waals surface area contributed by atoms with Gasteiger partial charge in [0.1, 0.15) is 0 Å². The molecule has 8 nitrogen and oxygen atoms in total. The van der Waals surface area contributed by atoms with E-state index in [9.17, 15) is 14.4 Å². The maximum Gasteiger partial charge on any atom is 0.251 e. The first-order valence-electron chi connectivity index (χ1n) is 10.4. The van der Waals surface area contributed by atoms with Crippen LogP contribution in [-0.2, 0) is 20.8 Å². The van der Waals surface area contributed by atoms with E-state index in [0.717, 1.165) is 23.6 Å². The predicted octanol–water partition coefficient (Wildman–Crippen LogP) is 1.37. The van der Waals surface area contributed by atoms with Crippen LogP contribution in [0.3, 0.4) is 0 Å². The number of aromatic nitrogens is 1. The van der Waals surface area contributed by atoms with Crippen LogP contribution in [0, 0.1) is 5.92 Å². The van der Waals surface area contributed by atoms with Gasteiger partial charge in [-0.25, -0.2) is 9.88 Å². The number of nitrogens with zero attached hydrogens (tertiary/aromatic N) is 4. The zero-order valence-electron chi connectivity index (χ0n) is 17.9. The van der Waals surface area contributed by atoms with Crippen LogP contribution in [0.2, 0.25) is 0 Å². The van der Waals surface area contributed by atoms with Gasteiger partial charge in [-0.3, -0.25) is 14.4 Å². The van der Waals surface area contributed by atoms with Crippen molar-refractivity contribution in [3.8, 4) is 0 Å². The van der Waals surface area contributed by atoms with E-state index in [1.165, 1.54) is 18.3 Å². The number of piperazine rings is 1. The molecular weight excluding hydrogens is 414 g/mol. The fraction of sp³-hybridized carbons (Fsp3) is 0.455. The van der Waals surface area contributed by atoms with Crippen molar-refractivity contribution in [2.24, 2.45) is 11.7 Å². The summed E-state index contributed by atoms with van der Waals surface area (Å²) in [5, 5.41) is 1.64. The number of hydrogen-bond acceptors (Lipinski definition) is 7. The van der Waals surface area contributed by atoms with Crippen LogP contribution in [0.1, 0.15) is 18.9 Å². The van der Waals surface area contributed by atoms with Crippen LogP contribution in [0.25, 0.3) is 0 Å². The third-order valence-corrected chi connectivity index (χ3v) is 6.00. The molecule has 1 saturated heterocycles. The van der Waals surface area contributed by atoms with E-state index in [1.54, 1.807) is 15.8 Å². The molecule has 1 fully saturated rings. The summed E-state index contributed by atoms with van der Waals surface area (Å²) in [6.07, 6.45) is 0.385. The molecule has 0 radical (unpaired) electrons. The Morgan fingerprint density at radius 1 is 1.13 bits per heavy atom. The molecule has 3 rings (SSSR count). The summed E-state index contributed by atoms with van der Waals surface area (Å²) in [7, 11) is 2.02. The molecule has 1 aliphatic rings. The molecule has 2 aromatic rings. The molecule has 166 valence electrons. The highest BCUT2D eigenvalue weighted by Gasteiger charge is 2.35. The lowest BCUT2D eigenvalue weighted by Gasteiger charge is -2.33. The first kappa shape index (κ1) is 23.1. The van der Waals surface area contributed by atoms with E-state index in [2.05, 4.69) is 9.88 Å². The molecule has 1 unspecified atom stereocenters. The topological polar surface area (TPSA) is 99.8 Å². The van der Waals surface area contributed by atoms with Crippen molar-refractivity contribution in [1.29, 1.82) is 0 Å². The Balaban J connectivity index is 1.85. The minimum atomic E-state index is -0.864. The number of hydrogen-bond donors (Lipinski definition) is 1. The van der Waals surface area contributed by atoms with Crippen molar-refractivity contribution in [1.82, 2.24) is 14.8 Å². The Kier molecular flexibility index (Phi) is 7.89. The minimum Gasteiger partial charge on any atom is -0.340 e. The fourth-order valence-electron chi connectivity index (χ4n) is 3.58. The normalized spacial score (nSPS) is 16.5. The smallest absolute Gasteiger partial charge is 0.251 e. The summed E-state index contributed by atoms with van der Waals surface area (Å²) >= 11 is 1.29. The fourth-order valence-corrected chi connectivity index (χ4v) is 4.10. The Morgan fingerprint density at radius 3 is 2.39 bits per heavy atom. The van der Waals surface area contributed by atoms with Gasteiger partial charge in [0.15, 0.2) is 5.82 Å². The Bertz CT molecular complexity index is 880. The lowest BCUT2D eigenvalue weighted by molar-refractivity contribution is -0.138. The number of carbonyl (C=O) groups is 3. The average Bonchev–Trinajstić information content (AvgIpc) is 3.28. The number of nitrogens with two attached hydrogens (primary N) is 1. The molecule has 0 aliphatic carbocycles. The van der Waals surface area contributed by atoms with Crippen molar-refractivity contribution < 1.29 is 14.4 Å². The summed E-state index contributed by atoms with van der Waals surface area (Å²) < 4.78 is 0. The molecular formula is C22H29N5O3S. The number of likely N-dealkylation sites (N-methyl/N-ethyl adjacent to an activating group) is 1. The summed E-state index contributed by atoms with van der Waals surface area (Å²) in [6, 6.07) is 8.66. The quantitative estimate of drug-likeness (QED) is 0.694. The highest BCUT2D eigenvalue weighted by atomic mass is 32.1. The Hall–Kier alpha value is -2.62. The number of amides is 3. The minimum absolute atomic E-state index is 0.0321. The van der Waals surface area contributed by atoms with Crippen molar-refractivity contribution in [2.75, 3.05) is 38.1 Å². The summed E-state index contributed by atoms with van der Waals surface area (Å²) in [4.78, 5) is 48.6. The first-order valence-corrected chi connectivity index (χ1v) is 11.3. The third-order valence-electron chi connectivity index (χ3n) is 5.43. The van der Waals surface area contributed by atoms with Crippen LogP contribution in [0.15, 0.2) is 41.2 Å². The van der Waals surface area contributed by atoms with E-state index < -0.39 is 23.8 Å². The SMILES string of the molecule is C[C@@H](N)C(=O)N(C(=O)C(CC(=O)N1CCN(C)CC1)Cc1ccccc1)c1cscn1. The highest BCUT2D eigenvalue weighted by Crippen LogP contribution is 2.23. The first-order chi connectivity index (χ1) is 14.9. The molecule has 3 amide bonds. The average molecular weight is 444 g/mol. The van der Waals surface area contributed by atoms with E-state index in [4.69, 9.17) is 5.73 Å². The lowest BCUT2D eigenvalue weighted by Crippen LogP contribution is -2.51. The zero-order chi connectivity index (χ0) is 22.4. The number of benzene rings is 1. The van der Waals surface area contributed by atoms with Gasteiger partial charge in [0.05, 0.1) is 17.5 Å². The largest absolute Gasteiger partial charge is 0.340 e. The van der Waals surface area contributed by atoms with Gasteiger partial charge in [0.25, 0.3) is 5.91 Å². The van der Waals surface area contributed by atoms with Crippen molar-refractivity contribution >= 4 is 34.9 Å². The molecule has 2 atom stereocenters. The van der Waals surface area contributed by atoms with E-state index in [1.807, 2.05) is 37.4 Å². The second kappa shape index (κ2) is 10.6. The van der Waals surface area contributed by atoms with Crippen LogP contribution < -0.4 is 10.6 Å². The molecule has 31 heavy (non-hydrogen) atoms. The van der Waals surface area contributed by atoms with Gasteiger partial charge in [-0.2, -0.15) is 0 Å². The maximum absolute atomic E-state index is 13.6. The predicted molar refractivity (Wildman–Crippen MR) is 121 cm³/mol. The molecule has 2 heterocycles. The second-order valence-electron chi connectivity index (χ2n) is 7.92. The van der Waals surface area contributed by atoms with Gasteiger partial charge < -0.3 is 15.5 Å². The van der Waals surface area contributed by atoms with Crippen molar-refractivity contribution in [3.63, 3.8) is 0 Å². The number of carbonyl (C=O) groups excluding carboxylic acids is 3. The zero-order valence-corrected chi connectivity index (χ0v) is 18.8. The van der Waals surface area contributed by atoms with Gasteiger partial charge in [-0.05, 0) is 26.0 Å². The summed E-state index contributed by atoms with van der Waals surface area (Å²) in [5.41, 5.74) is 8.31. The van der Waals surface area contributed by atoms with Gasteiger partial charge >= 0.3 is 0 Å². The van der Waals surface area contributed by atoms with E-state index in [-0.39, 0.29) is 18.1 Å². The third kappa shape index (κ3) is 5.96. The molecule has 9 heteroatoms. The summed E-state index contributed by atoms with van der Waals surface area (Å²) in [5.74, 6) is -1.49. The molecule has 0 saturated carbocycles. The molecule has 1 aromatic heterocycles. The van der Waals surface area contributed by atoms with Crippen molar-refractivity contribution in [3.05, 3.63) is 46.8 Å². The van der Waals surface area contributed by atoms with Crippen LogP contribution in [0.5, 0.6) is 0 Å². The molecule has 1 aromatic carbocycles. The maximum atomic E-state index is 13.6. The lowest BCUT2D eigenvalue weighted by atomic mass is 9.93. The number of thiazole rings is 1. The van der Waals surface area contributed by atoms with Gasteiger partial charge in [-0.1, -0.05) is 30.3 Å². The molecule has 2 N–H and O–H groups in total. The van der Waals surface area contributed by atoms with Crippen LogP contribution in [0.4, 0.5) is 5.82 Å². The van der Waals surface area contributed by atoms with Crippen molar-refractivity contribution in [2.45, 2.75) is 25.8 Å². The summed E-state index contributed by atoms with van der Waals surface area (Å²) in [6.45, 7) is 4.41. The van der Waals surface area contributed by atoms with E-state index >= 15 is 0 Å². The van der Waals surface area contributed by atoms with E-state index in [0.29, 0.717) is 19.5 Å². The van der Waals surface area contributed by atoms with Crippen LogP contribution >= 0.6 is 11.3 Å². The Morgan fingerprint density at radius 2 is 1.81 bits per heavy atom. The number of anilines is 1. The highest BCUT2D eigenvalue weighted by molar-refractivity contribution is 7.08. The molecule has 1 aliphatic heterocycles. The molecule has 0 bridgehead atoms. The van der Waals surface area contributed by atoms with Gasteiger partial charge in [0, 0.05) is 38.0 Å². The standard InChI is InChI=1S/C22H29N5O3S/c1-16(23)21(29)27(19-14-31-15-24-19)22(30)18(12-17-6-4-3-5-7-17)13-20(28)26-10-8-25(2)9-11-26/h3-7,14-16,18H,8-13,23H2,1-2H3/t16-,18?/m1/s1. The van der Waals surface area contributed by atoms with Crippen LogP contribution in [-0.4, -0.2) is 71.8 Å². The van der Waals surface area contributed by atoms with Gasteiger partial charge in [0.2, 0.25) is 11.8 Å². The van der Waals surface area contributed by atoms with Gasteiger partial charge in [-0.15, -0.1) is 11.3 Å². The molecule has 0 spiro atoms. The monoisotopic (exact) mass is 443 g/mol.